The summed E-state index contributed by atoms with van der Waals surface area (Å²) in [5, 5.41) is 0. The topological polar surface area (TPSA) is 20.3 Å². The summed E-state index contributed by atoms with van der Waals surface area (Å²) in [5.74, 6) is 4.07. The van der Waals surface area contributed by atoms with E-state index in [2.05, 4.69) is 37.1 Å². The molecule has 2 heteroatoms. The second-order valence-corrected chi connectivity index (χ2v) is 5.92. The van der Waals surface area contributed by atoms with E-state index in [1.165, 1.54) is 11.1 Å². The maximum atomic E-state index is 12.7. The van der Waals surface area contributed by atoms with Crippen molar-refractivity contribution in [3.05, 3.63) is 35.4 Å². The van der Waals surface area contributed by atoms with Gasteiger partial charge in [0.1, 0.15) is 0 Å². The zero-order valence-electron chi connectivity index (χ0n) is 12.0. The molecule has 1 fully saturated rings. The predicted octanol–water partition coefficient (Wildman–Crippen LogP) is 2.83. The van der Waals surface area contributed by atoms with Crippen LogP contribution in [0.3, 0.4) is 0 Å². The average Bonchev–Trinajstić information content (AvgIpc) is 3.21. The molecule has 1 aromatic rings. The summed E-state index contributed by atoms with van der Waals surface area (Å²) in [6.07, 6.45) is 8.62. The van der Waals surface area contributed by atoms with E-state index < -0.39 is 0 Å². The monoisotopic (exact) mass is 267 g/mol. The Balaban J connectivity index is 1.78. The van der Waals surface area contributed by atoms with Gasteiger partial charge in [0.15, 0.2) is 0 Å². The van der Waals surface area contributed by atoms with Crippen molar-refractivity contribution in [3.8, 4) is 12.3 Å². The van der Waals surface area contributed by atoms with Crippen LogP contribution in [-0.2, 0) is 11.2 Å². The standard InChI is InChI=1S/C18H21NO/c1-3-11-19(12-4-2)18(20)17-15-10-9-13-7-5-6-8-14(13)16(15)17/h1,5-8,15-17H,4,9-12H2,2H3. The van der Waals surface area contributed by atoms with Crippen LogP contribution in [-0.4, -0.2) is 23.9 Å². The number of rotatable bonds is 4. The number of fused-ring (bicyclic) bond motifs is 3. The van der Waals surface area contributed by atoms with Gasteiger partial charge in [-0.15, -0.1) is 6.42 Å². The Morgan fingerprint density at radius 1 is 1.45 bits per heavy atom. The van der Waals surface area contributed by atoms with E-state index in [0.717, 1.165) is 25.8 Å². The lowest BCUT2D eigenvalue weighted by Gasteiger charge is -2.19. The number of hydrogen-bond acceptors (Lipinski definition) is 1. The van der Waals surface area contributed by atoms with Crippen LogP contribution in [0.4, 0.5) is 0 Å². The normalized spacial score (nSPS) is 26.1. The fourth-order valence-electron chi connectivity index (χ4n) is 3.76. The molecule has 2 aliphatic carbocycles. The van der Waals surface area contributed by atoms with E-state index in [0.29, 0.717) is 18.4 Å². The lowest BCUT2D eigenvalue weighted by molar-refractivity contribution is -0.132. The van der Waals surface area contributed by atoms with E-state index in [1.54, 1.807) is 0 Å². The number of nitrogens with zero attached hydrogens (tertiary/aromatic N) is 1. The quantitative estimate of drug-likeness (QED) is 0.768. The maximum absolute atomic E-state index is 12.7. The highest BCUT2D eigenvalue weighted by molar-refractivity contribution is 5.84. The minimum Gasteiger partial charge on any atom is -0.331 e. The van der Waals surface area contributed by atoms with Gasteiger partial charge in [-0.1, -0.05) is 37.1 Å². The zero-order chi connectivity index (χ0) is 14.1. The molecule has 3 rings (SSSR count). The highest BCUT2D eigenvalue weighted by atomic mass is 16.2. The smallest absolute Gasteiger partial charge is 0.227 e. The number of aryl methyl sites for hydroxylation is 1. The molecule has 3 unspecified atom stereocenters. The molecule has 0 aliphatic heterocycles. The highest BCUT2D eigenvalue weighted by Gasteiger charge is 2.57. The van der Waals surface area contributed by atoms with E-state index in [1.807, 2.05) is 4.90 Å². The molecule has 2 nitrogen and oxygen atoms in total. The summed E-state index contributed by atoms with van der Waals surface area (Å²) in [6.45, 7) is 3.32. The lowest BCUT2D eigenvalue weighted by atomic mass is 9.92. The summed E-state index contributed by atoms with van der Waals surface area (Å²) in [7, 11) is 0. The van der Waals surface area contributed by atoms with Crippen molar-refractivity contribution in [1.82, 2.24) is 4.90 Å². The molecule has 2 aliphatic rings. The molecule has 0 bridgehead atoms. The molecule has 0 spiro atoms. The van der Waals surface area contributed by atoms with Gasteiger partial charge in [-0.3, -0.25) is 4.79 Å². The molecule has 1 aromatic carbocycles. The fourth-order valence-corrected chi connectivity index (χ4v) is 3.76. The van der Waals surface area contributed by atoms with Gasteiger partial charge in [0, 0.05) is 12.5 Å². The second kappa shape index (κ2) is 5.32. The Kier molecular flexibility index (Phi) is 3.53. The van der Waals surface area contributed by atoms with E-state index >= 15 is 0 Å². The van der Waals surface area contributed by atoms with Crippen molar-refractivity contribution in [1.29, 1.82) is 0 Å². The number of benzene rings is 1. The van der Waals surface area contributed by atoms with Crippen molar-refractivity contribution in [2.45, 2.75) is 32.1 Å². The number of amides is 1. The van der Waals surface area contributed by atoms with Gasteiger partial charge in [-0.2, -0.15) is 0 Å². The van der Waals surface area contributed by atoms with Gasteiger partial charge < -0.3 is 4.90 Å². The van der Waals surface area contributed by atoms with Crippen LogP contribution >= 0.6 is 0 Å². The second-order valence-electron chi connectivity index (χ2n) is 5.92. The van der Waals surface area contributed by atoms with Crippen molar-refractivity contribution >= 4 is 5.91 Å². The van der Waals surface area contributed by atoms with E-state index in [9.17, 15) is 4.79 Å². The summed E-state index contributed by atoms with van der Waals surface area (Å²) in [5.41, 5.74) is 2.84. The summed E-state index contributed by atoms with van der Waals surface area (Å²) in [6, 6.07) is 8.59. The summed E-state index contributed by atoms with van der Waals surface area (Å²) in [4.78, 5) is 14.6. The van der Waals surface area contributed by atoms with Gasteiger partial charge in [-0.25, -0.2) is 0 Å². The van der Waals surface area contributed by atoms with Gasteiger partial charge >= 0.3 is 0 Å². The first-order valence-corrected chi connectivity index (χ1v) is 7.58. The zero-order valence-corrected chi connectivity index (χ0v) is 12.0. The van der Waals surface area contributed by atoms with Crippen LogP contribution in [0.5, 0.6) is 0 Å². The molecule has 0 saturated heterocycles. The van der Waals surface area contributed by atoms with Crippen molar-refractivity contribution in [3.63, 3.8) is 0 Å². The van der Waals surface area contributed by atoms with E-state index in [-0.39, 0.29) is 11.8 Å². The molecule has 0 aromatic heterocycles. The molecule has 1 saturated carbocycles. The third-order valence-corrected chi connectivity index (χ3v) is 4.70. The highest BCUT2D eigenvalue weighted by Crippen LogP contribution is 2.60. The van der Waals surface area contributed by atoms with Crippen molar-refractivity contribution in [2.24, 2.45) is 11.8 Å². The van der Waals surface area contributed by atoms with Crippen LogP contribution in [0.1, 0.15) is 36.8 Å². The van der Waals surface area contributed by atoms with Gasteiger partial charge in [0.05, 0.1) is 6.54 Å². The minimum atomic E-state index is 0.179. The Hall–Kier alpha value is -1.75. The van der Waals surface area contributed by atoms with Crippen molar-refractivity contribution < 1.29 is 4.79 Å². The first-order chi connectivity index (χ1) is 9.77. The third kappa shape index (κ3) is 2.12. The number of carbonyl (C=O) groups is 1. The number of carbonyl (C=O) groups excluding carboxylic acids is 1. The molecule has 0 N–H and O–H groups in total. The Morgan fingerprint density at radius 3 is 3.00 bits per heavy atom. The molecule has 0 heterocycles. The molecule has 20 heavy (non-hydrogen) atoms. The van der Waals surface area contributed by atoms with Crippen LogP contribution in [0.15, 0.2) is 24.3 Å². The predicted molar refractivity (Wildman–Crippen MR) is 80.2 cm³/mol. The molecule has 0 radical (unpaired) electrons. The van der Waals surface area contributed by atoms with Crippen molar-refractivity contribution in [2.75, 3.05) is 13.1 Å². The lowest BCUT2D eigenvalue weighted by Crippen LogP contribution is -2.34. The Morgan fingerprint density at radius 2 is 2.25 bits per heavy atom. The van der Waals surface area contributed by atoms with Crippen LogP contribution in [0.25, 0.3) is 0 Å². The first kappa shape index (κ1) is 13.2. The minimum absolute atomic E-state index is 0.179. The van der Waals surface area contributed by atoms with Crippen LogP contribution in [0.2, 0.25) is 0 Å². The largest absolute Gasteiger partial charge is 0.331 e. The van der Waals surface area contributed by atoms with E-state index in [4.69, 9.17) is 6.42 Å². The van der Waals surface area contributed by atoms with Gasteiger partial charge in [-0.05, 0) is 42.2 Å². The van der Waals surface area contributed by atoms with Gasteiger partial charge in [0.25, 0.3) is 0 Å². The SMILES string of the molecule is C#CCN(CCC)C(=O)C1C2CCc3ccccc3C21. The molecule has 3 atom stereocenters. The fraction of sp³-hybridized carbons (Fsp3) is 0.500. The van der Waals surface area contributed by atoms with Crippen LogP contribution < -0.4 is 0 Å². The summed E-state index contributed by atoms with van der Waals surface area (Å²) >= 11 is 0. The molecular weight excluding hydrogens is 246 g/mol. The Bertz CT molecular complexity index is 557. The Labute approximate surface area is 121 Å². The number of terminal acetylenes is 1. The number of hydrogen-bond donors (Lipinski definition) is 0. The van der Waals surface area contributed by atoms with Crippen LogP contribution in [0, 0.1) is 24.2 Å². The third-order valence-electron chi connectivity index (χ3n) is 4.70. The maximum Gasteiger partial charge on any atom is 0.227 e. The summed E-state index contributed by atoms with van der Waals surface area (Å²) < 4.78 is 0. The first-order valence-electron chi connectivity index (χ1n) is 7.58. The van der Waals surface area contributed by atoms with Gasteiger partial charge in [0.2, 0.25) is 5.91 Å². The molecule has 104 valence electrons. The average molecular weight is 267 g/mol. The molecular formula is C18H21NO. The molecule has 1 amide bonds.